The summed E-state index contributed by atoms with van der Waals surface area (Å²) < 4.78 is 36.6. The molecule has 0 aliphatic carbocycles. The fourth-order valence-electron chi connectivity index (χ4n) is 4.63. The standard InChI is InChI=1S/C27H23F2N3O3S/c1-31-20-9-5-4-8-18(20)24-25(26(34)30-14-16-7-3-6-10-22(16)35-2)32(23(33)15-36-27(24)31)21-13-17(28)11-12-19(21)29/h3-13,25H,14-15H2,1-2H3,(H,30,34)/t25-/m1/s1. The summed E-state index contributed by atoms with van der Waals surface area (Å²) in [6.07, 6.45) is 0. The number of ether oxygens (including phenoxy) is 1. The first kappa shape index (κ1) is 23.9. The van der Waals surface area contributed by atoms with Crippen LogP contribution in [0.1, 0.15) is 17.2 Å². The van der Waals surface area contributed by atoms with Crippen LogP contribution in [0.5, 0.6) is 5.75 Å². The number of nitrogens with zero attached hydrogens (tertiary/aromatic N) is 2. The van der Waals surface area contributed by atoms with E-state index in [1.807, 2.05) is 54.1 Å². The lowest BCUT2D eigenvalue weighted by Crippen LogP contribution is -2.44. The molecule has 0 radical (unpaired) electrons. The van der Waals surface area contributed by atoms with Gasteiger partial charge in [-0.25, -0.2) is 8.78 Å². The normalized spacial score (nSPS) is 15.5. The molecule has 6 nitrogen and oxygen atoms in total. The second-order valence-corrected chi connectivity index (χ2v) is 9.34. The Balaban J connectivity index is 1.66. The van der Waals surface area contributed by atoms with Gasteiger partial charge in [0.2, 0.25) is 11.8 Å². The predicted molar refractivity (Wildman–Crippen MR) is 135 cm³/mol. The maximum Gasteiger partial charge on any atom is 0.248 e. The van der Waals surface area contributed by atoms with Crippen molar-refractivity contribution in [3.63, 3.8) is 0 Å². The average Bonchev–Trinajstić information content (AvgIpc) is 3.06. The third-order valence-electron chi connectivity index (χ3n) is 6.28. The third-order valence-corrected chi connectivity index (χ3v) is 7.44. The highest BCUT2D eigenvalue weighted by atomic mass is 32.2. The van der Waals surface area contributed by atoms with Crippen molar-refractivity contribution < 1.29 is 23.1 Å². The van der Waals surface area contributed by atoms with Gasteiger partial charge >= 0.3 is 0 Å². The van der Waals surface area contributed by atoms with Gasteiger partial charge in [-0.15, -0.1) is 0 Å². The molecule has 0 saturated carbocycles. The van der Waals surface area contributed by atoms with Crippen LogP contribution in [-0.4, -0.2) is 29.2 Å². The number of para-hydroxylation sites is 2. The van der Waals surface area contributed by atoms with Gasteiger partial charge in [-0.2, -0.15) is 0 Å². The van der Waals surface area contributed by atoms with Crippen molar-refractivity contribution in [1.29, 1.82) is 0 Å². The molecule has 1 aliphatic rings. The lowest BCUT2D eigenvalue weighted by atomic mass is 10.0. The minimum Gasteiger partial charge on any atom is -0.496 e. The summed E-state index contributed by atoms with van der Waals surface area (Å²) in [7, 11) is 3.40. The molecule has 3 aromatic carbocycles. The van der Waals surface area contributed by atoms with Crippen LogP contribution in [0, 0.1) is 11.6 Å². The molecule has 0 bridgehead atoms. The zero-order valence-electron chi connectivity index (χ0n) is 19.6. The molecule has 9 heteroatoms. The lowest BCUT2D eigenvalue weighted by molar-refractivity contribution is -0.126. The zero-order chi connectivity index (χ0) is 25.4. The van der Waals surface area contributed by atoms with E-state index in [0.717, 1.165) is 44.6 Å². The van der Waals surface area contributed by atoms with E-state index in [2.05, 4.69) is 5.32 Å². The van der Waals surface area contributed by atoms with E-state index < -0.39 is 29.5 Å². The summed E-state index contributed by atoms with van der Waals surface area (Å²) >= 11 is 1.28. The SMILES string of the molecule is COc1ccccc1CNC(=O)[C@H]1c2c(n(C)c3ccccc23)SCC(=O)N1c1cc(F)ccc1F. The van der Waals surface area contributed by atoms with Crippen LogP contribution in [0.2, 0.25) is 0 Å². The summed E-state index contributed by atoms with van der Waals surface area (Å²) in [5, 5.41) is 4.38. The number of methoxy groups -OCH3 is 1. The molecule has 1 atom stereocenters. The maximum atomic E-state index is 15.0. The van der Waals surface area contributed by atoms with Crippen LogP contribution in [0.4, 0.5) is 14.5 Å². The number of carbonyl (C=O) groups is 2. The number of carbonyl (C=O) groups excluding carboxylic acids is 2. The summed E-state index contributed by atoms with van der Waals surface area (Å²) in [6.45, 7) is 0.125. The van der Waals surface area contributed by atoms with Crippen LogP contribution < -0.4 is 15.0 Å². The summed E-state index contributed by atoms with van der Waals surface area (Å²) in [5.41, 5.74) is 1.90. The molecular formula is C27H23F2N3O3S. The number of hydrogen-bond acceptors (Lipinski definition) is 4. The monoisotopic (exact) mass is 507 g/mol. The Bertz CT molecular complexity index is 1490. The van der Waals surface area contributed by atoms with Gasteiger partial charge in [0, 0.05) is 41.7 Å². The Morgan fingerprint density at radius 3 is 2.67 bits per heavy atom. The Kier molecular flexibility index (Phi) is 6.40. The molecule has 0 saturated heterocycles. The average molecular weight is 508 g/mol. The van der Waals surface area contributed by atoms with Gasteiger partial charge in [0.15, 0.2) is 0 Å². The first-order valence-corrected chi connectivity index (χ1v) is 12.3. The zero-order valence-corrected chi connectivity index (χ0v) is 20.4. The highest BCUT2D eigenvalue weighted by Crippen LogP contribution is 2.44. The number of rotatable bonds is 5. The van der Waals surface area contributed by atoms with Gasteiger partial charge in [0.1, 0.15) is 23.4 Å². The van der Waals surface area contributed by atoms with Crippen molar-refractivity contribution >= 4 is 40.2 Å². The van der Waals surface area contributed by atoms with Gasteiger partial charge in [0.05, 0.1) is 23.6 Å². The first-order chi connectivity index (χ1) is 17.4. The van der Waals surface area contributed by atoms with Gasteiger partial charge in [0.25, 0.3) is 0 Å². The molecule has 4 aromatic rings. The minimum atomic E-state index is -1.22. The molecule has 1 aliphatic heterocycles. The highest BCUT2D eigenvalue weighted by molar-refractivity contribution is 8.00. The second-order valence-electron chi connectivity index (χ2n) is 8.38. The van der Waals surface area contributed by atoms with Crippen LogP contribution in [-0.2, 0) is 23.2 Å². The van der Waals surface area contributed by atoms with Gasteiger partial charge in [-0.3, -0.25) is 14.5 Å². The smallest absolute Gasteiger partial charge is 0.248 e. The fourth-order valence-corrected chi connectivity index (χ4v) is 5.70. The number of aryl methyl sites for hydroxylation is 1. The molecule has 2 amide bonds. The maximum absolute atomic E-state index is 15.0. The largest absolute Gasteiger partial charge is 0.496 e. The van der Waals surface area contributed by atoms with E-state index in [-0.39, 0.29) is 18.0 Å². The second kappa shape index (κ2) is 9.66. The number of amides is 2. The number of nitrogens with one attached hydrogen (secondary N) is 1. The molecular weight excluding hydrogens is 484 g/mol. The molecule has 1 aromatic heterocycles. The van der Waals surface area contributed by atoms with Crippen LogP contribution in [0.3, 0.4) is 0 Å². The predicted octanol–water partition coefficient (Wildman–Crippen LogP) is 4.96. The molecule has 5 rings (SSSR count). The quantitative estimate of drug-likeness (QED) is 0.415. The number of hydrogen-bond donors (Lipinski definition) is 1. The van der Waals surface area contributed by atoms with Crippen LogP contribution in [0.15, 0.2) is 71.8 Å². The Hall–Kier alpha value is -3.85. The topological polar surface area (TPSA) is 63.6 Å². The summed E-state index contributed by atoms with van der Waals surface area (Å²) in [4.78, 5) is 28.4. The van der Waals surface area contributed by atoms with E-state index in [1.165, 1.54) is 11.8 Å². The van der Waals surface area contributed by atoms with Crippen LogP contribution >= 0.6 is 11.8 Å². The van der Waals surface area contributed by atoms with Crippen molar-refractivity contribution in [3.05, 3.63) is 89.5 Å². The van der Waals surface area contributed by atoms with E-state index in [4.69, 9.17) is 4.74 Å². The van der Waals surface area contributed by atoms with Crippen molar-refractivity contribution in [2.24, 2.45) is 7.05 Å². The Morgan fingerprint density at radius 1 is 1.11 bits per heavy atom. The van der Waals surface area contributed by atoms with Crippen molar-refractivity contribution in [1.82, 2.24) is 9.88 Å². The minimum absolute atomic E-state index is 0.0383. The number of halogens is 2. The van der Waals surface area contributed by atoms with E-state index in [1.54, 1.807) is 13.2 Å². The van der Waals surface area contributed by atoms with E-state index >= 15 is 4.39 Å². The van der Waals surface area contributed by atoms with Gasteiger partial charge in [-0.1, -0.05) is 48.2 Å². The number of thioether (sulfide) groups is 1. The molecule has 184 valence electrons. The summed E-state index contributed by atoms with van der Waals surface area (Å²) in [5.74, 6) is -1.95. The van der Waals surface area contributed by atoms with E-state index in [0.29, 0.717) is 11.3 Å². The van der Waals surface area contributed by atoms with Crippen molar-refractivity contribution in [3.8, 4) is 5.75 Å². The van der Waals surface area contributed by atoms with E-state index in [9.17, 15) is 14.0 Å². The molecule has 0 spiro atoms. The van der Waals surface area contributed by atoms with Crippen molar-refractivity contribution in [2.75, 3.05) is 17.8 Å². The fraction of sp³-hybridized carbons (Fsp3) is 0.185. The summed E-state index contributed by atoms with van der Waals surface area (Å²) in [6, 6.07) is 16.4. The number of benzene rings is 3. The molecule has 0 unspecified atom stereocenters. The number of anilines is 1. The van der Waals surface area contributed by atoms with Crippen molar-refractivity contribution in [2.45, 2.75) is 17.6 Å². The van der Waals surface area contributed by atoms with Gasteiger partial charge in [-0.05, 0) is 24.3 Å². The highest BCUT2D eigenvalue weighted by Gasteiger charge is 2.40. The third kappa shape index (κ3) is 4.09. The number of aromatic nitrogens is 1. The van der Waals surface area contributed by atoms with Crippen LogP contribution in [0.25, 0.3) is 10.9 Å². The Morgan fingerprint density at radius 2 is 1.86 bits per heavy atom. The first-order valence-electron chi connectivity index (χ1n) is 11.3. The molecule has 1 N–H and O–H groups in total. The molecule has 36 heavy (non-hydrogen) atoms. The lowest BCUT2D eigenvalue weighted by Gasteiger charge is -2.30. The molecule has 0 fully saturated rings. The number of fused-ring (bicyclic) bond motifs is 3. The Labute approximate surface area is 210 Å². The molecule has 2 heterocycles. The van der Waals surface area contributed by atoms with Gasteiger partial charge < -0.3 is 14.6 Å².